The number of halogens is 3. The SMILES string of the molecule is N=C(NC(=N)C1CCCCN1)Nc1cccc(OC(F)(F)F)c1. The van der Waals surface area contributed by atoms with E-state index >= 15 is 0 Å². The standard InChI is InChI=1S/C14H18F3N5O/c15-14(16,17)23-10-5-3-4-9(8-10)21-13(19)22-12(18)11-6-1-2-7-20-11/h3-5,8,11,20H,1-2,6-7H2,(H4,18,19,21,22). The molecule has 9 heteroatoms. The molecule has 1 aliphatic heterocycles. The van der Waals surface area contributed by atoms with Gasteiger partial charge in [0.05, 0.1) is 6.04 Å². The zero-order chi connectivity index (χ0) is 16.9. The number of alkyl halides is 3. The minimum absolute atomic E-state index is 0.134. The van der Waals surface area contributed by atoms with E-state index in [9.17, 15) is 13.2 Å². The average molecular weight is 329 g/mol. The largest absolute Gasteiger partial charge is 0.573 e. The smallest absolute Gasteiger partial charge is 0.406 e. The Morgan fingerprint density at radius 3 is 2.70 bits per heavy atom. The molecule has 1 aliphatic rings. The Bertz CT molecular complexity index is 570. The maximum atomic E-state index is 12.2. The Morgan fingerprint density at radius 2 is 2.04 bits per heavy atom. The first-order valence-electron chi connectivity index (χ1n) is 7.14. The first kappa shape index (κ1) is 17.1. The third kappa shape index (κ3) is 5.78. The summed E-state index contributed by atoms with van der Waals surface area (Å²) in [6, 6.07) is 5.05. The minimum Gasteiger partial charge on any atom is -0.406 e. The van der Waals surface area contributed by atoms with Gasteiger partial charge >= 0.3 is 6.36 Å². The number of hydrogen-bond donors (Lipinski definition) is 5. The van der Waals surface area contributed by atoms with Crippen molar-refractivity contribution in [3.8, 4) is 5.75 Å². The lowest BCUT2D eigenvalue weighted by Gasteiger charge is -2.25. The van der Waals surface area contributed by atoms with Gasteiger partial charge in [-0.15, -0.1) is 13.2 Å². The zero-order valence-electron chi connectivity index (χ0n) is 12.3. The minimum atomic E-state index is -4.76. The fourth-order valence-corrected chi connectivity index (χ4v) is 2.27. The van der Waals surface area contributed by atoms with Gasteiger partial charge in [0.1, 0.15) is 11.6 Å². The van der Waals surface area contributed by atoms with Crippen LogP contribution in [0.5, 0.6) is 5.75 Å². The van der Waals surface area contributed by atoms with Crippen LogP contribution in [-0.4, -0.2) is 30.7 Å². The van der Waals surface area contributed by atoms with E-state index in [0.717, 1.165) is 31.9 Å². The van der Waals surface area contributed by atoms with Crippen LogP contribution in [-0.2, 0) is 0 Å². The van der Waals surface area contributed by atoms with Crippen molar-refractivity contribution in [1.29, 1.82) is 10.8 Å². The lowest BCUT2D eigenvalue weighted by atomic mass is 10.0. The number of anilines is 1. The van der Waals surface area contributed by atoms with Crippen molar-refractivity contribution in [3.05, 3.63) is 24.3 Å². The molecule has 0 radical (unpaired) electrons. The van der Waals surface area contributed by atoms with Gasteiger partial charge in [-0.25, -0.2) is 0 Å². The van der Waals surface area contributed by atoms with Crippen LogP contribution in [0.25, 0.3) is 0 Å². The molecule has 0 saturated carbocycles. The van der Waals surface area contributed by atoms with Gasteiger partial charge < -0.3 is 20.7 Å². The number of nitrogens with one attached hydrogen (secondary N) is 5. The summed E-state index contributed by atoms with van der Waals surface area (Å²) in [5.41, 5.74) is 0.258. The van der Waals surface area contributed by atoms with Crippen LogP contribution in [0.2, 0.25) is 0 Å². The van der Waals surface area contributed by atoms with Crippen LogP contribution in [0.1, 0.15) is 19.3 Å². The molecule has 0 amide bonds. The summed E-state index contributed by atoms with van der Waals surface area (Å²) < 4.78 is 40.4. The molecule has 23 heavy (non-hydrogen) atoms. The second-order valence-corrected chi connectivity index (χ2v) is 5.12. The highest BCUT2D eigenvalue weighted by Crippen LogP contribution is 2.24. The highest BCUT2D eigenvalue weighted by molar-refractivity contribution is 6.05. The number of guanidine groups is 1. The molecule has 1 heterocycles. The molecule has 1 unspecified atom stereocenters. The summed E-state index contributed by atoms with van der Waals surface area (Å²) in [7, 11) is 0. The lowest BCUT2D eigenvalue weighted by molar-refractivity contribution is -0.274. The van der Waals surface area contributed by atoms with E-state index in [1.165, 1.54) is 18.2 Å². The van der Waals surface area contributed by atoms with E-state index in [2.05, 4.69) is 20.7 Å². The molecular formula is C14H18F3N5O. The van der Waals surface area contributed by atoms with Gasteiger partial charge in [-0.05, 0) is 31.5 Å². The Hall–Kier alpha value is -2.29. The second-order valence-electron chi connectivity index (χ2n) is 5.12. The van der Waals surface area contributed by atoms with Crippen molar-refractivity contribution in [2.45, 2.75) is 31.7 Å². The molecule has 6 nitrogen and oxygen atoms in total. The van der Waals surface area contributed by atoms with Gasteiger partial charge in [0.15, 0.2) is 5.96 Å². The molecule has 1 fully saturated rings. The molecule has 0 aliphatic carbocycles. The molecule has 1 aromatic rings. The molecule has 1 aromatic carbocycles. The number of hydrogen-bond acceptors (Lipinski definition) is 4. The van der Waals surface area contributed by atoms with Crippen LogP contribution in [0.3, 0.4) is 0 Å². The van der Waals surface area contributed by atoms with Crippen molar-refractivity contribution < 1.29 is 17.9 Å². The van der Waals surface area contributed by atoms with Gasteiger partial charge in [0, 0.05) is 11.8 Å². The van der Waals surface area contributed by atoms with Crippen molar-refractivity contribution in [2.24, 2.45) is 0 Å². The van der Waals surface area contributed by atoms with E-state index in [-0.39, 0.29) is 29.3 Å². The monoisotopic (exact) mass is 329 g/mol. The van der Waals surface area contributed by atoms with Gasteiger partial charge in [0.25, 0.3) is 0 Å². The quantitative estimate of drug-likeness (QED) is 0.435. The van der Waals surface area contributed by atoms with Crippen LogP contribution < -0.4 is 20.7 Å². The van der Waals surface area contributed by atoms with Crippen LogP contribution in [0.4, 0.5) is 18.9 Å². The van der Waals surface area contributed by atoms with Gasteiger partial charge in [-0.2, -0.15) is 0 Å². The summed E-state index contributed by atoms with van der Waals surface area (Å²) in [5.74, 6) is -0.407. The summed E-state index contributed by atoms with van der Waals surface area (Å²) in [6.45, 7) is 0.826. The molecule has 0 spiro atoms. The predicted octanol–water partition coefficient (Wildman–Crippen LogP) is 2.64. The fraction of sp³-hybridized carbons (Fsp3) is 0.429. The Balaban J connectivity index is 1.89. The molecule has 1 atom stereocenters. The number of piperidine rings is 1. The molecule has 2 rings (SSSR count). The number of benzene rings is 1. The number of ether oxygens (including phenoxy) is 1. The second kappa shape index (κ2) is 7.32. The third-order valence-corrected chi connectivity index (χ3v) is 3.26. The van der Waals surface area contributed by atoms with Crippen molar-refractivity contribution in [2.75, 3.05) is 11.9 Å². The highest BCUT2D eigenvalue weighted by atomic mass is 19.4. The Labute approximate surface area is 131 Å². The van der Waals surface area contributed by atoms with Crippen LogP contribution in [0.15, 0.2) is 24.3 Å². The van der Waals surface area contributed by atoms with E-state index in [0.29, 0.717) is 0 Å². The Kier molecular flexibility index (Phi) is 5.43. The van der Waals surface area contributed by atoms with Gasteiger partial charge in [-0.3, -0.25) is 10.8 Å². The van der Waals surface area contributed by atoms with Crippen molar-refractivity contribution >= 4 is 17.5 Å². The first-order chi connectivity index (χ1) is 10.8. The van der Waals surface area contributed by atoms with Gasteiger partial charge in [0.2, 0.25) is 0 Å². The predicted molar refractivity (Wildman–Crippen MR) is 81.0 cm³/mol. The average Bonchev–Trinajstić information content (AvgIpc) is 2.46. The number of amidine groups is 1. The molecule has 0 bridgehead atoms. The molecule has 126 valence electrons. The third-order valence-electron chi connectivity index (χ3n) is 3.26. The maximum Gasteiger partial charge on any atom is 0.573 e. The normalized spacial score (nSPS) is 18.1. The first-order valence-corrected chi connectivity index (χ1v) is 7.14. The number of rotatable bonds is 3. The van der Waals surface area contributed by atoms with E-state index in [1.807, 2.05) is 0 Å². The van der Waals surface area contributed by atoms with Crippen LogP contribution in [0, 0.1) is 10.8 Å². The zero-order valence-corrected chi connectivity index (χ0v) is 12.3. The van der Waals surface area contributed by atoms with Crippen molar-refractivity contribution in [3.63, 3.8) is 0 Å². The van der Waals surface area contributed by atoms with Crippen LogP contribution >= 0.6 is 0 Å². The highest BCUT2D eigenvalue weighted by Gasteiger charge is 2.31. The summed E-state index contributed by atoms with van der Waals surface area (Å²) in [4.78, 5) is 0. The molecule has 0 aromatic heterocycles. The molecule has 5 N–H and O–H groups in total. The summed E-state index contributed by atoms with van der Waals surface area (Å²) in [6.07, 6.45) is -1.88. The van der Waals surface area contributed by atoms with E-state index in [4.69, 9.17) is 10.8 Å². The topological polar surface area (TPSA) is 93.0 Å². The van der Waals surface area contributed by atoms with E-state index in [1.54, 1.807) is 0 Å². The summed E-state index contributed by atoms with van der Waals surface area (Å²) in [5, 5.41) is 24.0. The molecular weight excluding hydrogens is 311 g/mol. The van der Waals surface area contributed by atoms with Gasteiger partial charge in [-0.1, -0.05) is 12.5 Å². The lowest BCUT2D eigenvalue weighted by Crippen LogP contribution is -2.49. The van der Waals surface area contributed by atoms with Crippen molar-refractivity contribution in [1.82, 2.24) is 10.6 Å². The fourth-order valence-electron chi connectivity index (χ4n) is 2.27. The van der Waals surface area contributed by atoms with E-state index < -0.39 is 6.36 Å². The summed E-state index contributed by atoms with van der Waals surface area (Å²) >= 11 is 0. The molecule has 1 saturated heterocycles. The Morgan fingerprint density at radius 1 is 1.26 bits per heavy atom. The maximum absolute atomic E-state index is 12.2.